The van der Waals surface area contributed by atoms with Crippen LogP contribution in [0.1, 0.15) is 49.9 Å². The van der Waals surface area contributed by atoms with Crippen molar-refractivity contribution in [3.8, 4) is 5.75 Å². The number of hydrazine groups is 1. The summed E-state index contributed by atoms with van der Waals surface area (Å²) < 4.78 is 21.2. The molecular weight excluding hydrogens is 400 g/mol. The molecule has 1 atom stereocenters. The maximum atomic E-state index is 8.95. The van der Waals surface area contributed by atoms with Gasteiger partial charge in [0.05, 0.1) is 43.1 Å². The maximum Gasteiger partial charge on any atom is 0.292 e. The highest BCUT2D eigenvalue weighted by Gasteiger charge is 2.20. The van der Waals surface area contributed by atoms with E-state index in [4.69, 9.17) is 30.6 Å². The number of carbonyl (C=O) groups is 1. The third-order valence-corrected chi connectivity index (χ3v) is 5.39. The molecule has 1 saturated carbocycles. The van der Waals surface area contributed by atoms with Crippen LogP contribution in [0.4, 0.5) is 0 Å². The Morgan fingerprint density at radius 2 is 2.03 bits per heavy atom. The lowest BCUT2D eigenvalue weighted by Crippen LogP contribution is -2.33. The number of hydrogen-bond acceptors (Lipinski definition) is 9. The van der Waals surface area contributed by atoms with E-state index in [0.29, 0.717) is 29.5 Å². The van der Waals surface area contributed by atoms with Crippen LogP contribution in [0.2, 0.25) is 0 Å². The summed E-state index contributed by atoms with van der Waals surface area (Å²) in [5.41, 5.74) is 9.04. The molecule has 0 aromatic carbocycles. The number of likely N-dealkylation sites (N-methyl/N-ethyl adjacent to an activating group) is 1. The van der Waals surface area contributed by atoms with Crippen LogP contribution >= 0.6 is 0 Å². The molecule has 1 unspecified atom stereocenters. The lowest BCUT2D eigenvalue weighted by Gasteiger charge is -2.26. The molecule has 2 aliphatic rings. The van der Waals surface area contributed by atoms with Crippen LogP contribution in [-0.4, -0.2) is 56.7 Å². The number of methoxy groups -OCH3 is 1. The monoisotopic (exact) mass is 436 g/mol. The fraction of sp³-hybridized carbons (Fsp3) is 0.636. The SMILES string of the molecule is COC=O.Cc1nc(/C(N)=C(\COC2CCCCO2)N(C)N)ccc1OCC1CCC1. The summed E-state index contributed by atoms with van der Waals surface area (Å²) in [4.78, 5) is 13.6. The van der Waals surface area contributed by atoms with Gasteiger partial charge in [0, 0.05) is 13.7 Å². The van der Waals surface area contributed by atoms with Gasteiger partial charge in [0.2, 0.25) is 0 Å². The normalized spacial score (nSPS) is 19.3. The minimum absolute atomic E-state index is 0.196. The first kappa shape index (κ1) is 24.9. The van der Waals surface area contributed by atoms with Crippen molar-refractivity contribution in [3.63, 3.8) is 0 Å². The number of nitrogens with two attached hydrogens (primary N) is 2. The molecule has 3 rings (SSSR count). The second-order valence-electron chi connectivity index (χ2n) is 7.80. The summed E-state index contributed by atoms with van der Waals surface area (Å²) in [5, 5.41) is 1.48. The molecule has 2 fully saturated rings. The Bertz CT molecular complexity index is 716. The first-order chi connectivity index (χ1) is 15.0. The lowest BCUT2D eigenvalue weighted by atomic mass is 9.86. The minimum Gasteiger partial charge on any atom is -0.491 e. The van der Waals surface area contributed by atoms with Crippen molar-refractivity contribution in [1.29, 1.82) is 0 Å². The van der Waals surface area contributed by atoms with Gasteiger partial charge in [-0.2, -0.15) is 0 Å². The van der Waals surface area contributed by atoms with Crippen LogP contribution in [0.5, 0.6) is 5.75 Å². The molecule has 2 heterocycles. The Hall–Kier alpha value is -2.36. The molecule has 1 aromatic rings. The first-order valence-electron chi connectivity index (χ1n) is 10.7. The van der Waals surface area contributed by atoms with E-state index in [2.05, 4.69) is 9.72 Å². The number of ether oxygens (including phenoxy) is 4. The smallest absolute Gasteiger partial charge is 0.292 e. The Labute approximate surface area is 184 Å². The zero-order valence-electron chi connectivity index (χ0n) is 18.8. The van der Waals surface area contributed by atoms with Crippen LogP contribution < -0.4 is 16.3 Å². The zero-order chi connectivity index (χ0) is 22.6. The number of nitrogens with zero attached hydrogens (tertiary/aromatic N) is 2. The zero-order valence-corrected chi connectivity index (χ0v) is 18.8. The van der Waals surface area contributed by atoms with Crippen LogP contribution in [-0.2, 0) is 19.0 Å². The van der Waals surface area contributed by atoms with E-state index in [1.165, 1.54) is 31.4 Å². The van der Waals surface area contributed by atoms with Gasteiger partial charge in [0.1, 0.15) is 5.75 Å². The summed E-state index contributed by atoms with van der Waals surface area (Å²) in [6, 6.07) is 3.81. The summed E-state index contributed by atoms with van der Waals surface area (Å²) >= 11 is 0. The van der Waals surface area contributed by atoms with Crippen LogP contribution in [0.15, 0.2) is 17.8 Å². The van der Waals surface area contributed by atoms with Gasteiger partial charge in [-0.3, -0.25) is 4.79 Å². The van der Waals surface area contributed by atoms with Gasteiger partial charge in [0.25, 0.3) is 6.47 Å². The van der Waals surface area contributed by atoms with Crippen molar-refractivity contribution in [2.75, 3.05) is 34.0 Å². The number of carbonyl (C=O) groups excluding carboxylic acids is 1. The number of aromatic nitrogens is 1. The summed E-state index contributed by atoms with van der Waals surface area (Å²) in [6.45, 7) is 4.09. The highest BCUT2D eigenvalue weighted by Crippen LogP contribution is 2.28. The van der Waals surface area contributed by atoms with E-state index < -0.39 is 0 Å². The molecule has 31 heavy (non-hydrogen) atoms. The van der Waals surface area contributed by atoms with E-state index >= 15 is 0 Å². The van der Waals surface area contributed by atoms with Gasteiger partial charge in [-0.1, -0.05) is 6.42 Å². The molecular formula is C22H36N4O5. The Balaban J connectivity index is 0.000000785. The van der Waals surface area contributed by atoms with E-state index in [1.807, 2.05) is 19.1 Å². The highest BCUT2D eigenvalue weighted by atomic mass is 16.7. The second-order valence-corrected chi connectivity index (χ2v) is 7.80. The van der Waals surface area contributed by atoms with Gasteiger partial charge in [-0.25, -0.2) is 10.8 Å². The van der Waals surface area contributed by atoms with Crippen molar-refractivity contribution in [3.05, 3.63) is 29.2 Å². The van der Waals surface area contributed by atoms with Gasteiger partial charge < -0.3 is 29.7 Å². The summed E-state index contributed by atoms with van der Waals surface area (Å²) in [7, 11) is 3.06. The maximum absolute atomic E-state index is 8.95. The van der Waals surface area contributed by atoms with E-state index in [1.54, 1.807) is 7.05 Å². The molecule has 1 saturated heterocycles. The number of rotatable bonds is 9. The van der Waals surface area contributed by atoms with Crippen molar-refractivity contribution >= 4 is 12.2 Å². The number of pyridine rings is 1. The van der Waals surface area contributed by atoms with E-state index in [9.17, 15) is 0 Å². The van der Waals surface area contributed by atoms with Crippen molar-refractivity contribution in [2.45, 2.75) is 51.7 Å². The van der Waals surface area contributed by atoms with Crippen molar-refractivity contribution in [2.24, 2.45) is 17.5 Å². The number of hydrogen-bond donors (Lipinski definition) is 2. The Kier molecular flexibility index (Phi) is 10.6. The predicted octanol–water partition coefficient (Wildman–Crippen LogP) is 2.33. The lowest BCUT2D eigenvalue weighted by molar-refractivity contribution is -0.158. The fourth-order valence-electron chi connectivity index (χ4n) is 3.25. The van der Waals surface area contributed by atoms with Crippen LogP contribution in [0.25, 0.3) is 5.70 Å². The van der Waals surface area contributed by atoms with Crippen LogP contribution in [0.3, 0.4) is 0 Å². The molecule has 9 nitrogen and oxygen atoms in total. The molecule has 0 radical (unpaired) electrons. The summed E-state index contributed by atoms with van der Waals surface area (Å²) in [6.07, 6.45) is 6.73. The Morgan fingerprint density at radius 1 is 1.29 bits per heavy atom. The minimum atomic E-state index is -0.196. The predicted molar refractivity (Wildman–Crippen MR) is 117 cm³/mol. The molecule has 1 aromatic heterocycles. The average Bonchev–Trinajstić information content (AvgIpc) is 2.74. The van der Waals surface area contributed by atoms with Gasteiger partial charge >= 0.3 is 0 Å². The first-order valence-corrected chi connectivity index (χ1v) is 10.7. The highest BCUT2D eigenvalue weighted by molar-refractivity contribution is 5.63. The molecule has 0 spiro atoms. The number of aryl methyl sites for hydroxylation is 1. The van der Waals surface area contributed by atoms with Crippen molar-refractivity contribution < 1.29 is 23.7 Å². The molecule has 174 valence electrons. The average molecular weight is 437 g/mol. The van der Waals surface area contributed by atoms with E-state index in [0.717, 1.165) is 43.9 Å². The molecule has 0 amide bonds. The Morgan fingerprint density at radius 3 is 2.55 bits per heavy atom. The third kappa shape index (κ3) is 8.01. The van der Waals surface area contributed by atoms with Gasteiger partial charge in [0.15, 0.2) is 6.29 Å². The van der Waals surface area contributed by atoms with Gasteiger partial charge in [-0.15, -0.1) is 0 Å². The second kappa shape index (κ2) is 13.1. The molecule has 1 aliphatic heterocycles. The molecule has 1 aliphatic carbocycles. The topological polar surface area (TPSA) is 122 Å². The molecule has 0 bridgehead atoms. The van der Waals surface area contributed by atoms with Crippen LogP contribution in [0, 0.1) is 12.8 Å². The molecule has 4 N–H and O–H groups in total. The third-order valence-electron chi connectivity index (χ3n) is 5.39. The fourth-order valence-corrected chi connectivity index (χ4v) is 3.25. The quantitative estimate of drug-likeness (QED) is 0.341. The van der Waals surface area contributed by atoms with E-state index in [-0.39, 0.29) is 12.9 Å². The largest absolute Gasteiger partial charge is 0.491 e. The summed E-state index contributed by atoms with van der Waals surface area (Å²) in [5.74, 6) is 7.48. The standard InChI is InChI=1S/C20H32N4O3.C2H4O2/c1-14-18(26-12-15-6-5-7-15)10-9-16(23-14)20(21)17(24(2)22)13-27-19-8-3-4-11-25-19;1-4-2-3/h9-10,15,19H,3-8,11-13,21-22H2,1-2H3;2H,1H3/b20-17-;. The molecule has 9 heteroatoms. The van der Waals surface area contributed by atoms with Crippen molar-refractivity contribution in [1.82, 2.24) is 9.99 Å². The van der Waals surface area contributed by atoms with Gasteiger partial charge in [-0.05, 0) is 57.1 Å².